The molecule has 2 rings (SSSR count). The number of benzene rings is 2. The molecular weight excluding hydrogens is 303 g/mol. The molecule has 0 spiro atoms. The molecule has 0 aliphatic carbocycles. The van der Waals surface area contributed by atoms with E-state index in [0.29, 0.717) is 11.8 Å². The van der Waals surface area contributed by atoms with Crippen molar-refractivity contribution in [1.82, 2.24) is 0 Å². The minimum absolute atomic E-state index is 0.703. The van der Waals surface area contributed by atoms with Crippen LogP contribution in [-0.2, 0) is 12.8 Å². The predicted molar refractivity (Wildman–Crippen MR) is 91.0 cm³/mol. The maximum absolute atomic E-state index is 5.85. The molecule has 0 fully saturated rings. The van der Waals surface area contributed by atoms with Gasteiger partial charge in [-0.15, -0.1) is 23.2 Å². The summed E-state index contributed by atoms with van der Waals surface area (Å²) in [4.78, 5) is 0. The lowest BCUT2D eigenvalue weighted by Gasteiger charge is -2.07. The van der Waals surface area contributed by atoms with Crippen LogP contribution >= 0.6 is 23.2 Å². The Morgan fingerprint density at radius 2 is 1.00 bits per heavy atom. The summed E-state index contributed by atoms with van der Waals surface area (Å²) in [5.74, 6) is 3.12. The van der Waals surface area contributed by atoms with E-state index in [4.69, 9.17) is 27.9 Å². The number of ether oxygens (including phenoxy) is 1. The molecule has 0 aromatic heterocycles. The van der Waals surface area contributed by atoms with Crippen molar-refractivity contribution in [3.05, 3.63) is 59.7 Å². The van der Waals surface area contributed by atoms with Gasteiger partial charge in [0, 0.05) is 11.8 Å². The third-order valence-electron chi connectivity index (χ3n) is 3.28. The summed E-state index contributed by atoms with van der Waals surface area (Å²) in [6.07, 6.45) is 4.04. The molecule has 112 valence electrons. The Morgan fingerprint density at radius 3 is 1.33 bits per heavy atom. The van der Waals surface area contributed by atoms with Gasteiger partial charge in [0.15, 0.2) is 0 Å². The van der Waals surface area contributed by atoms with E-state index in [2.05, 4.69) is 24.3 Å². The molecule has 0 atom stereocenters. The lowest BCUT2D eigenvalue weighted by molar-refractivity contribution is 0.482. The fourth-order valence-electron chi connectivity index (χ4n) is 2.13. The van der Waals surface area contributed by atoms with Gasteiger partial charge in [0.2, 0.25) is 0 Å². The molecule has 0 heterocycles. The van der Waals surface area contributed by atoms with Crippen LogP contribution in [0.25, 0.3) is 0 Å². The van der Waals surface area contributed by atoms with E-state index in [0.717, 1.165) is 37.2 Å². The van der Waals surface area contributed by atoms with Gasteiger partial charge in [-0.3, -0.25) is 0 Å². The van der Waals surface area contributed by atoms with E-state index in [-0.39, 0.29) is 0 Å². The Labute approximate surface area is 136 Å². The monoisotopic (exact) mass is 322 g/mol. The fraction of sp³-hybridized carbons (Fsp3) is 0.333. The zero-order valence-electron chi connectivity index (χ0n) is 12.0. The molecule has 0 bridgehead atoms. The quantitative estimate of drug-likeness (QED) is 0.556. The molecule has 0 amide bonds. The number of alkyl halides is 2. The molecule has 2 aromatic rings. The largest absolute Gasteiger partial charge is 0.457 e. The molecule has 3 heteroatoms. The Bertz CT molecular complexity index is 470. The van der Waals surface area contributed by atoms with Gasteiger partial charge < -0.3 is 4.74 Å². The van der Waals surface area contributed by atoms with Gasteiger partial charge in [0.05, 0.1) is 0 Å². The summed E-state index contributed by atoms with van der Waals surface area (Å²) in [7, 11) is 0. The number of hydrogen-bond acceptors (Lipinski definition) is 1. The molecule has 0 aliphatic rings. The molecule has 0 N–H and O–H groups in total. The van der Waals surface area contributed by atoms with Crippen molar-refractivity contribution in [1.29, 1.82) is 0 Å². The highest BCUT2D eigenvalue weighted by Gasteiger charge is 1.99. The first kappa shape index (κ1) is 16.2. The first-order valence-electron chi connectivity index (χ1n) is 7.29. The van der Waals surface area contributed by atoms with Crippen LogP contribution < -0.4 is 4.74 Å². The van der Waals surface area contributed by atoms with E-state index in [1.807, 2.05) is 24.3 Å². The summed E-state index contributed by atoms with van der Waals surface area (Å²) in [6.45, 7) is 0. The van der Waals surface area contributed by atoms with Gasteiger partial charge in [-0.1, -0.05) is 24.3 Å². The number of aryl methyl sites for hydroxylation is 2. The highest BCUT2D eigenvalue weighted by molar-refractivity contribution is 6.18. The Morgan fingerprint density at radius 1 is 0.619 bits per heavy atom. The van der Waals surface area contributed by atoms with Gasteiger partial charge in [0.25, 0.3) is 0 Å². The summed E-state index contributed by atoms with van der Waals surface area (Å²) in [5, 5.41) is 0. The van der Waals surface area contributed by atoms with Gasteiger partial charge >= 0.3 is 0 Å². The molecule has 0 unspecified atom stereocenters. The number of hydrogen-bond donors (Lipinski definition) is 0. The van der Waals surface area contributed by atoms with Gasteiger partial charge in [-0.2, -0.15) is 0 Å². The fourth-order valence-corrected chi connectivity index (χ4v) is 2.39. The van der Waals surface area contributed by atoms with Gasteiger partial charge in [-0.25, -0.2) is 0 Å². The Balaban J connectivity index is 1.91. The SMILES string of the molecule is ClCCCc1ccc(Oc2ccc(CCCCl)cc2)cc1. The molecule has 21 heavy (non-hydrogen) atoms. The van der Waals surface area contributed by atoms with Crippen molar-refractivity contribution in [3.8, 4) is 11.5 Å². The molecule has 1 nitrogen and oxygen atoms in total. The first-order chi connectivity index (χ1) is 10.3. The van der Waals surface area contributed by atoms with Crippen LogP contribution in [0.1, 0.15) is 24.0 Å². The van der Waals surface area contributed by atoms with Crippen molar-refractivity contribution >= 4 is 23.2 Å². The lowest BCUT2D eigenvalue weighted by Crippen LogP contribution is -1.89. The zero-order chi connectivity index (χ0) is 14.9. The predicted octanol–water partition coefficient (Wildman–Crippen LogP) is 5.82. The van der Waals surface area contributed by atoms with Crippen molar-refractivity contribution in [3.63, 3.8) is 0 Å². The van der Waals surface area contributed by atoms with Crippen molar-refractivity contribution in [2.45, 2.75) is 25.7 Å². The summed E-state index contributed by atoms with van der Waals surface area (Å²) >= 11 is 11.4. The van der Waals surface area contributed by atoms with E-state index < -0.39 is 0 Å². The van der Waals surface area contributed by atoms with Crippen LogP contribution in [-0.4, -0.2) is 11.8 Å². The minimum atomic E-state index is 0.703. The maximum Gasteiger partial charge on any atom is 0.127 e. The minimum Gasteiger partial charge on any atom is -0.457 e. The highest BCUT2D eigenvalue weighted by Crippen LogP contribution is 2.22. The van der Waals surface area contributed by atoms with Gasteiger partial charge in [-0.05, 0) is 61.1 Å². The maximum atomic E-state index is 5.85. The van der Waals surface area contributed by atoms with Crippen LogP contribution in [0.15, 0.2) is 48.5 Å². The second-order valence-corrected chi connectivity index (χ2v) is 5.73. The normalized spacial score (nSPS) is 10.6. The molecule has 2 aromatic carbocycles. The Kier molecular flexibility index (Phi) is 6.91. The second-order valence-electron chi connectivity index (χ2n) is 4.98. The second kappa shape index (κ2) is 8.96. The topological polar surface area (TPSA) is 9.23 Å². The van der Waals surface area contributed by atoms with E-state index >= 15 is 0 Å². The molecular formula is C18H20Cl2O. The lowest BCUT2D eigenvalue weighted by atomic mass is 10.1. The van der Waals surface area contributed by atoms with Crippen LogP contribution in [0.4, 0.5) is 0 Å². The third-order valence-corrected chi connectivity index (χ3v) is 3.82. The molecule has 0 radical (unpaired) electrons. The first-order valence-corrected chi connectivity index (χ1v) is 8.36. The number of rotatable bonds is 8. The average molecular weight is 323 g/mol. The summed E-state index contributed by atoms with van der Waals surface area (Å²) < 4.78 is 5.85. The highest BCUT2D eigenvalue weighted by atomic mass is 35.5. The zero-order valence-corrected chi connectivity index (χ0v) is 13.5. The van der Waals surface area contributed by atoms with Crippen molar-refractivity contribution in [2.24, 2.45) is 0 Å². The van der Waals surface area contributed by atoms with Crippen molar-refractivity contribution in [2.75, 3.05) is 11.8 Å². The molecule has 0 saturated carbocycles. The smallest absolute Gasteiger partial charge is 0.127 e. The molecule has 0 aliphatic heterocycles. The van der Waals surface area contributed by atoms with E-state index in [1.165, 1.54) is 11.1 Å². The van der Waals surface area contributed by atoms with E-state index in [1.54, 1.807) is 0 Å². The van der Waals surface area contributed by atoms with Crippen molar-refractivity contribution < 1.29 is 4.74 Å². The van der Waals surface area contributed by atoms with Crippen LogP contribution in [0, 0.1) is 0 Å². The summed E-state index contributed by atoms with van der Waals surface area (Å²) in [5.41, 5.74) is 2.58. The van der Waals surface area contributed by atoms with Crippen LogP contribution in [0.3, 0.4) is 0 Å². The average Bonchev–Trinajstić information content (AvgIpc) is 2.53. The van der Waals surface area contributed by atoms with Gasteiger partial charge in [0.1, 0.15) is 11.5 Å². The van der Waals surface area contributed by atoms with E-state index in [9.17, 15) is 0 Å². The third kappa shape index (κ3) is 5.61. The van der Waals surface area contributed by atoms with Crippen LogP contribution in [0.2, 0.25) is 0 Å². The van der Waals surface area contributed by atoms with Crippen LogP contribution in [0.5, 0.6) is 11.5 Å². The standard InChI is InChI=1S/C18H20Cl2O/c19-13-1-3-15-5-9-17(10-6-15)21-18-11-7-16(8-12-18)4-2-14-20/h5-12H,1-4,13-14H2. The Hall–Kier alpha value is -1.18. The summed E-state index contributed by atoms with van der Waals surface area (Å²) in [6, 6.07) is 16.4. The molecule has 0 saturated heterocycles. The number of halogens is 2.